The van der Waals surface area contributed by atoms with Gasteiger partial charge in [0.25, 0.3) is 0 Å². The van der Waals surface area contributed by atoms with Crippen molar-refractivity contribution in [1.82, 2.24) is 0 Å². The van der Waals surface area contributed by atoms with Crippen LogP contribution in [0, 0.1) is 5.92 Å². The predicted octanol–water partition coefficient (Wildman–Crippen LogP) is 3.49. The number of anilines is 1. The van der Waals surface area contributed by atoms with E-state index in [1.165, 1.54) is 12.1 Å². The molecule has 0 saturated heterocycles. The third kappa shape index (κ3) is 4.96. The summed E-state index contributed by atoms with van der Waals surface area (Å²) in [5.74, 6) is 0.509. The molecule has 0 bridgehead atoms. The summed E-state index contributed by atoms with van der Waals surface area (Å²) in [5.41, 5.74) is 5.89. The van der Waals surface area contributed by atoms with E-state index in [0.717, 1.165) is 18.6 Å². The van der Waals surface area contributed by atoms with Crippen LogP contribution in [-0.4, -0.2) is 12.6 Å². The topological polar surface area (TPSA) is 38.0 Å². The van der Waals surface area contributed by atoms with Crippen molar-refractivity contribution < 1.29 is 13.2 Å². The van der Waals surface area contributed by atoms with Gasteiger partial charge in [0, 0.05) is 18.3 Å². The van der Waals surface area contributed by atoms with Crippen LogP contribution in [0.5, 0.6) is 0 Å². The molecule has 0 aliphatic rings. The van der Waals surface area contributed by atoms with E-state index in [2.05, 4.69) is 19.2 Å². The molecule has 102 valence electrons. The first-order valence-electron chi connectivity index (χ1n) is 5.95. The van der Waals surface area contributed by atoms with Crippen LogP contribution in [0.15, 0.2) is 24.3 Å². The highest BCUT2D eigenvalue weighted by Crippen LogP contribution is 2.29. The van der Waals surface area contributed by atoms with E-state index in [4.69, 9.17) is 5.73 Å². The van der Waals surface area contributed by atoms with E-state index in [1.807, 2.05) is 0 Å². The molecule has 1 rings (SSSR count). The van der Waals surface area contributed by atoms with Gasteiger partial charge >= 0.3 is 6.18 Å². The van der Waals surface area contributed by atoms with Crippen LogP contribution in [0.25, 0.3) is 0 Å². The summed E-state index contributed by atoms with van der Waals surface area (Å²) in [5, 5.41) is 3.04. The number of benzene rings is 1. The fourth-order valence-corrected chi connectivity index (χ4v) is 1.71. The molecular formula is C13H19F3N2. The molecule has 0 aliphatic heterocycles. The van der Waals surface area contributed by atoms with Gasteiger partial charge in [-0.25, -0.2) is 0 Å². The van der Waals surface area contributed by atoms with Crippen molar-refractivity contribution in [2.45, 2.75) is 32.5 Å². The van der Waals surface area contributed by atoms with E-state index in [-0.39, 0.29) is 6.04 Å². The molecule has 5 heteroatoms. The lowest BCUT2D eigenvalue weighted by Gasteiger charge is -2.16. The van der Waals surface area contributed by atoms with Gasteiger partial charge in [-0.05, 0) is 36.6 Å². The van der Waals surface area contributed by atoms with Crippen molar-refractivity contribution >= 4 is 5.69 Å². The van der Waals surface area contributed by atoms with Gasteiger partial charge in [-0.1, -0.05) is 13.8 Å². The zero-order valence-corrected chi connectivity index (χ0v) is 10.6. The van der Waals surface area contributed by atoms with Gasteiger partial charge in [-0.2, -0.15) is 13.2 Å². The molecule has 1 aromatic carbocycles. The third-order valence-electron chi connectivity index (χ3n) is 2.55. The zero-order valence-electron chi connectivity index (χ0n) is 10.6. The first-order chi connectivity index (χ1) is 8.29. The normalized spacial score (nSPS) is 13.7. The summed E-state index contributed by atoms with van der Waals surface area (Å²) in [6.07, 6.45) is -3.40. The van der Waals surface area contributed by atoms with Crippen LogP contribution in [0.4, 0.5) is 18.9 Å². The molecular weight excluding hydrogens is 241 g/mol. The summed E-state index contributed by atoms with van der Waals surface area (Å²) < 4.78 is 37.0. The van der Waals surface area contributed by atoms with Crippen LogP contribution in [0.2, 0.25) is 0 Å². The van der Waals surface area contributed by atoms with Crippen LogP contribution in [-0.2, 0) is 6.18 Å². The second kappa shape index (κ2) is 6.09. The number of nitrogens with one attached hydrogen (secondary N) is 1. The Morgan fingerprint density at radius 1 is 1.17 bits per heavy atom. The van der Waals surface area contributed by atoms with Gasteiger partial charge in [-0.15, -0.1) is 0 Å². The number of rotatable bonds is 5. The summed E-state index contributed by atoms with van der Waals surface area (Å²) in [4.78, 5) is 0. The predicted molar refractivity (Wildman–Crippen MR) is 67.4 cm³/mol. The van der Waals surface area contributed by atoms with Gasteiger partial charge in [0.2, 0.25) is 0 Å². The average Bonchev–Trinajstić information content (AvgIpc) is 2.25. The molecule has 0 amide bonds. The third-order valence-corrected chi connectivity index (χ3v) is 2.55. The minimum absolute atomic E-state index is 0.00675. The molecule has 0 spiro atoms. The van der Waals surface area contributed by atoms with E-state index in [9.17, 15) is 13.2 Å². The second-order valence-electron chi connectivity index (χ2n) is 4.85. The molecule has 0 heterocycles. The Balaban J connectivity index is 2.49. The smallest absolute Gasteiger partial charge is 0.383 e. The molecule has 1 unspecified atom stereocenters. The Kier molecular flexibility index (Phi) is 5.02. The molecule has 0 fully saturated rings. The molecule has 0 radical (unpaired) electrons. The van der Waals surface area contributed by atoms with Gasteiger partial charge in [0.1, 0.15) is 0 Å². The maximum absolute atomic E-state index is 12.3. The summed E-state index contributed by atoms with van der Waals surface area (Å²) >= 11 is 0. The molecule has 2 nitrogen and oxygen atoms in total. The van der Waals surface area contributed by atoms with E-state index >= 15 is 0 Å². The van der Waals surface area contributed by atoms with Crippen molar-refractivity contribution in [1.29, 1.82) is 0 Å². The van der Waals surface area contributed by atoms with Crippen molar-refractivity contribution in [2.75, 3.05) is 11.9 Å². The van der Waals surface area contributed by atoms with E-state index in [0.29, 0.717) is 18.2 Å². The first-order valence-corrected chi connectivity index (χ1v) is 5.95. The fourth-order valence-electron chi connectivity index (χ4n) is 1.71. The Morgan fingerprint density at radius 3 is 2.17 bits per heavy atom. The largest absolute Gasteiger partial charge is 0.416 e. The SMILES string of the molecule is CC(C)CC(N)CNc1ccc(C(F)(F)F)cc1. The quantitative estimate of drug-likeness (QED) is 0.850. The highest BCUT2D eigenvalue weighted by Gasteiger charge is 2.29. The highest BCUT2D eigenvalue weighted by atomic mass is 19.4. The average molecular weight is 260 g/mol. The lowest BCUT2D eigenvalue weighted by atomic mass is 10.0. The van der Waals surface area contributed by atoms with Crippen molar-refractivity contribution in [2.24, 2.45) is 11.7 Å². The van der Waals surface area contributed by atoms with Crippen molar-refractivity contribution in [3.05, 3.63) is 29.8 Å². The Morgan fingerprint density at radius 2 is 1.72 bits per heavy atom. The zero-order chi connectivity index (χ0) is 13.8. The summed E-state index contributed by atoms with van der Waals surface area (Å²) in [7, 11) is 0. The molecule has 1 aromatic rings. The van der Waals surface area contributed by atoms with E-state index < -0.39 is 11.7 Å². The maximum atomic E-state index is 12.3. The molecule has 0 saturated carbocycles. The Hall–Kier alpha value is -1.23. The van der Waals surface area contributed by atoms with Gasteiger partial charge in [0.05, 0.1) is 5.56 Å². The van der Waals surface area contributed by atoms with Gasteiger partial charge < -0.3 is 11.1 Å². The summed E-state index contributed by atoms with van der Waals surface area (Å²) in [6, 6.07) is 4.98. The van der Waals surface area contributed by atoms with E-state index in [1.54, 1.807) is 0 Å². The standard InChI is InChI=1S/C13H19F3N2/c1-9(2)7-11(17)8-18-12-5-3-10(4-6-12)13(14,15)16/h3-6,9,11,18H,7-8,17H2,1-2H3. The molecule has 0 aliphatic carbocycles. The highest BCUT2D eigenvalue weighted by molar-refractivity contribution is 5.45. The number of nitrogens with two attached hydrogens (primary N) is 1. The number of hydrogen-bond acceptors (Lipinski definition) is 2. The minimum atomic E-state index is -4.29. The van der Waals surface area contributed by atoms with Crippen LogP contribution < -0.4 is 11.1 Å². The number of halogens is 3. The fraction of sp³-hybridized carbons (Fsp3) is 0.538. The maximum Gasteiger partial charge on any atom is 0.416 e. The van der Waals surface area contributed by atoms with Crippen molar-refractivity contribution in [3.63, 3.8) is 0 Å². The van der Waals surface area contributed by atoms with Gasteiger partial charge in [-0.3, -0.25) is 0 Å². The molecule has 3 N–H and O–H groups in total. The lowest BCUT2D eigenvalue weighted by Crippen LogP contribution is -2.30. The molecule has 1 atom stereocenters. The number of alkyl halides is 3. The number of hydrogen-bond donors (Lipinski definition) is 2. The van der Waals surface area contributed by atoms with Crippen LogP contribution >= 0.6 is 0 Å². The van der Waals surface area contributed by atoms with Crippen molar-refractivity contribution in [3.8, 4) is 0 Å². The second-order valence-corrected chi connectivity index (χ2v) is 4.85. The summed E-state index contributed by atoms with van der Waals surface area (Å²) in [6.45, 7) is 4.72. The van der Waals surface area contributed by atoms with Crippen LogP contribution in [0.1, 0.15) is 25.8 Å². The first kappa shape index (κ1) is 14.8. The monoisotopic (exact) mass is 260 g/mol. The Labute approximate surface area is 105 Å². The lowest BCUT2D eigenvalue weighted by molar-refractivity contribution is -0.137. The van der Waals surface area contributed by atoms with Crippen LogP contribution in [0.3, 0.4) is 0 Å². The van der Waals surface area contributed by atoms with Gasteiger partial charge in [0.15, 0.2) is 0 Å². The molecule has 0 aromatic heterocycles. The molecule has 18 heavy (non-hydrogen) atoms. The Bertz CT molecular complexity index is 357. The minimum Gasteiger partial charge on any atom is -0.383 e.